The topological polar surface area (TPSA) is 34.1 Å². The molecule has 0 bridgehead atoms. The molecular formula is C28H26O2S. The fourth-order valence-corrected chi connectivity index (χ4v) is 6.44. The standard InChI is InChI=1S/C28H26O2S/c1-21-13-17-25(18-14-21)27(23-9-5-3-6-10-23)31(29,30)28(24-11-7-4-8-12-24)26-19-15-22(2)16-20-26/h3-20,27-28H,1-2H3. The molecule has 4 aromatic carbocycles. The van der Waals surface area contributed by atoms with Crippen molar-refractivity contribution in [1.82, 2.24) is 0 Å². The lowest BCUT2D eigenvalue weighted by Crippen LogP contribution is -2.23. The minimum absolute atomic E-state index is 0.763. The van der Waals surface area contributed by atoms with E-state index in [9.17, 15) is 8.42 Å². The van der Waals surface area contributed by atoms with E-state index >= 15 is 0 Å². The zero-order valence-corrected chi connectivity index (χ0v) is 18.6. The largest absolute Gasteiger partial charge is 0.227 e. The van der Waals surface area contributed by atoms with Gasteiger partial charge in [-0.15, -0.1) is 0 Å². The summed E-state index contributed by atoms with van der Waals surface area (Å²) in [6.07, 6.45) is 0. The lowest BCUT2D eigenvalue weighted by atomic mass is 10.0. The third kappa shape index (κ3) is 4.47. The minimum Gasteiger partial charge on any atom is -0.227 e. The molecule has 2 nitrogen and oxygen atoms in total. The van der Waals surface area contributed by atoms with Crippen LogP contribution in [0.2, 0.25) is 0 Å². The van der Waals surface area contributed by atoms with Crippen molar-refractivity contribution in [2.75, 3.05) is 0 Å². The monoisotopic (exact) mass is 426 g/mol. The average Bonchev–Trinajstić information content (AvgIpc) is 2.78. The third-order valence-corrected chi connectivity index (χ3v) is 8.02. The van der Waals surface area contributed by atoms with Crippen LogP contribution in [0.1, 0.15) is 43.9 Å². The number of aryl methyl sites for hydroxylation is 2. The molecule has 0 saturated carbocycles. The van der Waals surface area contributed by atoms with Crippen molar-refractivity contribution in [3.8, 4) is 0 Å². The van der Waals surface area contributed by atoms with Gasteiger partial charge in [-0.2, -0.15) is 0 Å². The third-order valence-electron chi connectivity index (χ3n) is 5.62. The summed E-state index contributed by atoms with van der Waals surface area (Å²) >= 11 is 0. The molecule has 3 heteroatoms. The molecule has 0 N–H and O–H groups in total. The first-order chi connectivity index (χ1) is 15.0. The van der Waals surface area contributed by atoms with Gasteiger partial charge in [0.25, 0.3) is 0 Å². The molecule has 156 valence electrons. The maximum atomic E-state index is 14.4. The minimum atomic E-state index is -3.70. The highest BCUT2D eigenvalue weighted by Gasteiger charge is 2.38. The molecule has 4 rings (SSSR count). The maximum Gasteiger partial charge on any atom is 0.172 e. The fourth-order valence-electron chi connectivity index (χ4n) is 4.02. The summed E-state index contributed by atoms with van der Waals surface area (Å²) in [4.78, 5) is 0. The Labute approximate surface area is 185 Å². The average molecular weight is 427 g/mol. The zero-order chi connectivity index (χ0) is 21.8. The van der Waals surface area contributed by atoms with E-state index in [4.69, 9.17) is 0 Å². The Kier molecular flexibility index (Phi) is 6.06. The first-order valence-corrected chi connectivity index (χ1v) is 12.0. The molecule has 0 heterocycles. The number of hydrogen-bond donors (Lipinski definition) is 0. The normalized spacial score (nSPS) is 13.5. The number of rotatable bonds is 6. The molecule has 0 spiro atoms. The second-order valence-corrected chi connectivity index (χ2v) is 10.1. The van der Waals surface area contributed by atoms with Gasteiger partial charge in [0.2, 0.25) is 0 Å². The van der Waals surface area contributed by atoms with Crippen molar-refractivity contribution >= 4 is 9.84 Å². The van der Waals surface area contributed by atoms with E-state index in [0.29, 0.717) is 0 Å². The molecule has 31 heavy (non-hydrogen) atoms. The van der Waals surface area contributed by atoms with Crippen molar-refractivity contribution in [2.45, 2.75) is 24.3 Å². The van der Waals surface area contributed by atoms with Crippen LogP contribution in [0, 0.1) is 13.8 Å². The molecule has 2 unspecified atom stereocenters. The van der Waals surface area contributed by atoms with Gasteiger partial charge in [-0.25, -0.2) is 8.42 Å². The molecule has 0 aliphatic heterocycles. The van der Waals surface area contributed by atoms with E-state index in [2.05, 4.69) is 0 Å². The van der Waals surface area contributed by atoms with Crippen LogP contribution in [0.3, 0.4) is 0 Å². The summed E-state index contributed by atoms with van der Waals surface area (Å²) in [6.45, 7) is 4.02. The van der Waals surface area contributed by atoms with Crippen molar-refractivity contribution in [2.24, 2.45) is 0 Å². The van der Waals surface area contributed by atoms with E-state index in [-0.39, 0.29) is 0 Å². The molecule has 0 aliphatic carbocycles. The second-order valence-electron chi connectivity index (χ2n) is 7.99. The number of benzene rings is 4. The molecule has 4 aromatic rings. The van der Waals surface area contributed by atoms with E-state index in [1.54, 1.807) is 0 Å². The van der Waals surface area contributed by atoms with Crippen LogP contribution in [0.25, 0.3) is 0 Å². The predicted octanol–water partition coefficient (Wildman–Crippen LogP) is 6.60. The van der Waals surface area contributed by atoms with E-state index in [0.717, 1.165) is 33.4 Å². The van der Waals surface area contributed by atoms with Gasteiger partial charge in [0.05, 0.1) is 0 Å². The lowest BCUT2D eigenvalue weighted by Gasteiger charge is -2.26. The van der Waals surface area contributed by atoms with Crippen LogP contribution >= 0.6 is 0 Å². The molecule has 0 amide bonds. The van der Waals surface area contributed by atoms with Crippen molar-refractivity contribution < 1.29 is 8.42 Å². The summed E-state index contributed by atoms with van der Waals surface area (Å²) in [5.74, 6) is 0. The van der Waals surface area contributed by atoms with Crippen LogP contribution in [-0.4, -0.2) is 8.42 Å². The zero-order valence-electron chi connectivity index (χ0n) is 17.8. The van der Waals surface area contributed by atoms with E-state index < -0.39 is 20.3 Å². The Morgan fingerprint density at radius 1 is 0.452 bits per heavy atom. The SMILES string of the molecule is Cc1ccc(C(c2ccccc2)S(=O)(=O)C(c2ccccc2)c2ccc(C)cc2)cc1. The van der Waals surface area contributed by atoms with Crippen LogP contribution in [0.15, 0.2) is 109 Å². The number of hydrogen-bond acceptors (Lipinski definition) is 2. The summed E-state index contributed by atoms with van der Waals surface area (Å²) in [6, 6.07) is 34.7. The summed E-state index contributed by atoms with van der Waals surface area (Å²) in [7, 11) is -3.70. The van der Waals surface area contributed by atoms with Crippen molar-refractivity contribution in [3.63, 3.8) is 0 Å². The molecule has 0 fully saturated rings. The fraction of sp³-hybridized carbons (Fsp3) is 0.143. The summed E-state index contributed by atoms with van der Waals surface area (Å²) < 4.78 is 28.8. The van der Waals surface area contributed by atoms with E-state index in [1.807, 2.05) is 123 Å². The van der Waals surface area contributed by atoms with Gasteiger partial charge < -0.3 is 0 Å². The van der Waals surface area contributed by atoms with Crippen molar-refractivity contribution in [3.05, 3.63) is 143 Å². The van der Waals surface area contributed by atoms with Gasteiger partial charge in [0.1, 0.15) is 10.5 Å². The second kappa shape index (κ2) is 8.91. The molecule has 0 aromatic heterocycles. The highest BCUT2D eigenvalue weighted by Crippen LogP contribution is 2.42. The summed E-state index contributed by atoms with van der Waals surface area (Å²) in [5.41, 5.74) is 5.32. The highest BCUT2D eigenvalue weighted by atomic mass is 32.2. The Morgan fingerprint density at radius 3 is 1.06 bits per heavy atom. The molecular weight excluding hydrogens is 400 g/mol. The van der Waals surface area contributed by atoms with Gasteiger partial charge in [0.15, 0.2) is 9.84 Å². The molecule has 2 atom stereocenters. The van der Waals surface area contributed by atoms with Crippen LogP contribution < -0.4 is 0 Å². The van der Waals surface area contributed by atoms with Gasteiger partial charge in [-0.3, -0.25) is 0 Å². The van der Waals surface area contributed by atoms with Gasteiger partial charge >= 0.3 is 0 Å². The first kappa shape index (κ1) is 21.1. The quantitative estimate of drug-likeness (QED) is 0.348. The van der Waals surface area contributed by atoms with Crippen LogP contribution in [0.4, 0.5) is 0 Å². The first-order valence-electron chi connectivity index (χ1n) is 10.4. The maximum absolute atomic E-state index is 14.4. The van der Waals surface area contributed by atoms with E-state index in [1.165, 1.54) is 0 Å². The number of sulfone groups is 1. The van der Waals surface area contributed by atoms with Crippen molar-refractivity contribution in [1.29, 1.82) is 0 Å². The van der Waals surface area contributed by atoms with Gasteiger partial charge in [-0.05, 0) is 36.1 Å². The van der Waals surface area contributed by atoms with Gasteiger partial charge in [0, 0.05) is 0 Å². The predicted molar refractivity (Wildman–Crippen MR) is 128 cm³/mol. The Hall–Kier alpha value is -3.17. The molecule has 0 radical (unpaired) electrons. The Morgan fingerprint density at radius 2 is 0.742 bits per heavy atom. The molecule has 0 aliphatic rings. The highest BCUT2D eigenvalue weighted by molar-refractivity contribution is 7.92. The Bertz CT molecular complexity index is 1130. The Balaban J connectivity index is 1.94. The van der Waals surface area contributed by atoms with Crippen LogP contribution in [0.5, 0.6) is 0 Å². The smallest absolute Gasteiger partial charge is 0.172 e. The van der Waals surface area contributed by atoms with Crippen LogP contribution in [-0.2, 0) is 9.84 Å². The van der Waals surface area contributed by atoms with Gasteiger partial charge in [-0.1, -0.05) is 120 Å². The lowest BCUT2D eigenvalue weighted by molar-refractivity contribution is 0.582. The molecule has 0 saturated heterocycles. The summed E-state index contributed by atoms with van der Waals surface area (Å²) in [5, 5.41) is -1.53.